The van der Waals surface area contributed by atoms with Crippen molar-refractivity contribution in [3.63, 3.8) is 0 Å². The number of esters is 4. The molecule has 1 N–H and O–H groups in total. The lowest BCUT2D eigenvalue weighted by Gasteiger charge is -2.59. The minimum Gasteiger partial charge on any atom is -0.488 e. The van der Waals surface area contributed by atoms with E-state index in [2.05, 4.69) is 0 Å². The molecule has 0 aromatic heterocycles. The summed E-state index contributed by atoms with van der Waals surface area (Å²) < 4.78 is 46.0. The second kappa shape index (κ2) is 10.2. The summed E-state index contributed by atoms with van der Waals surface area (Å²) in [5.41, 5.74) is -3.45. The Kier molecular flexibility index (Phi) is 6.85. The maximum atomic E-state index is 13.7. The van der Waals surface area contributed by atoms with E-state index in [1.807, 2.05) is 0 Å². The fourth-order valence-corrected chi connectivity index (χ4v) is 6.68. The zero-order chi connectivity index (χ0) is 31.6. The van der Waals surface area contributed by atoms with Crippen LogP contribution in [0.5, 0.6) is 17.2 Å². The molecule has 1 aliphatic carbocycles. The predicted molar refractivity (Wildman–Crippen MR) is 146 cm³/mol. The third-order valence-corrected chi connectivity index (χ3v) is 8.88. The number of fused-ring (bicyclic) bond motifs is 5. The number of carbonyl (C=O) groups excluding carboxylic acids is 4. The SMILES string of the molecule is COC(=O)/C=C1/[C@@H](OC(=O)c2ccccc2)[C@@]2(C)O[C@](O)(C(=O)OC)[C@@]13COc1c4c(cc(c13)[C@H](OC(C)=O)[C@@H]2C)OCO4. The van der Waals surface area contributed by atoms with Gasteiger partial charge in [-0.2, -0.15) is 0 Å². The van der Waals surface area contributed by atoms with E-state index in [0.29, 0.717) is 5.56 Å². The molecule has 5 aliphatic rings. The van der Waals surface area contributed by atoms with Gasteiger partial charge in [0.15, 0.2) is 17.6 Å². The highest BCUT2D eigenvalue weighted by atomic mass is 16.7. The quantitative estimate of drug-likeness (QED) is 0.298. The standard InChI is InChI=1S/C31H30O13/c1-15-23(42-16(2)32)18-11-20-24(41-14-40-20)25-22(18)30(13-39-25)19(12-21(33)37-4)26(43-27(34)17-9-7-6-8-10-17)29(15,3)44-31(30,36)28(35)38-5/h6-12,15,23,26,36H,13-14H2,1-5H3/b19-12-/t15-,23+,26+,29-,30-,31+/m0/s1. The van der Waals surface area contributed by atoms with Crippen LogP contribution in [0.25, 0.3) is 0 Å². The molecular formula is C31H30O13. The Morgan fingerprint density at radius 1 is 1.00 bits per heavy atom. The van der Waals surface area contributed by atoms with E-state index in [1.165, 1.54) is 26.0 Å². The van der Waals surface area contributed by atoms with Crippen molar-refractivity contribution in [2.24, 2.45) is 5.92 Å². The molecule has 0 amide bonds. The van der Waals surface area contributed by atoms with Gasteiger partial charge >= 0.3 is 23.9 Å². The number of methoxy groups -OCH3 is 2. The monoisotopic (exact) mass is 610 g/mol. The minimum atomic E-state index is -2.87. The largest absolute Gasteiger partial charge is 0.488 e. The van der Waals surface area contributed by atoms with Crippen LogP contribution in [0.3, 0.4) is 0 Å². The lowest BCUT2D eigenvalue weighted by Crippen LogP contribution is -2.75. The molecule has 13 heteroatoms. The van der Waals surface area contributed by atoms with Crippen molar-refractivity contribution in [2.45, 2.75) is 49.8 Å². The van der Waals surface area contributed by atoms with Crippen LogP contribution in [-0.4, -0.2) is 74.1 Å². The minimum absolute atomic E-state index is 0.0553. The first-order valence-corrected chi connectivity index (χ1v) is 13.8. The average Bonchev–Trinajstić information content (AvgIpc) is 3.65. The van der Waals surface area contributed by atoms with Gasteiger partial charge < -0.3 is 43.0 Å². The van der Waals surface area contributed by atoms with Gasteiger partial charge in [-0.15, -0.1) is 0 Å². The molecule has 13 nitrogen and oxygen atoms in total. The van der Waals surface area contributed by atoms with E-state index in [0.717, 1.165) is 20.3 Å². The molecule has 4 heterocycles. The summed E-state index contributed by atoms with van der Waals surface area (Å²) in [6, 6.07) is 9.67. The molecule has 4 aliphatic heterocycles. The van der Waals surface area contributed by atoms with Crippen molar-refractivity contribution < 1.29 is 62.2 Å². The van der Waals surface area contributed by atoms with Crippen LogP contribution < -0.4 is 14.2 Å². The Hall–Kier alpha value is -4.62. The Bertz CT molecular complexity index is 1600. The van der Waals surface area contributed by atoms with Crippen molar-refractivity contribution in [3.05, 3.63) is 64.7 Å². The van der Waals surface area contributed by atoms with E-state index in [1.54, 1.807) is 31.2 Å². The number of carbonyl (C=O) groups is 4. The van der Waals surface area contributed by atoms with Gasteiger partial charge in [-0.05, 0) is 25.1 Å². The highest BCUT2D eigenvalue weighted by molar-refractivity contribution is 5.91. The van der Waals surface area contributed by atoms with Crippen molar-refractivity contribution >= 4 is 23.9 Å². The third kappa shape index (κ3) is 3.92. The number of benzene rings is 2. The van der Waals surface area contributed by atoms with Crippen molar-refractivity contribution in [1.29, 1.82) is 0 Å². The zero-order valence-corrected chi connectivity index (χ0v) is 24.5. The second-order valence-electron chi connectivity index (χ2n) is 11.1. The summed E-state index contributed by atoms with van der Waals surface area (Å²) in [5, 5.41) is 12.5. The van der Waals surface area contributed by atoms with Crippen LogP contribution >= 0.6 is 0 Å². The highest BCUT2D eigenvalue weighted by Crippen LogP contribution is 2.67. The van der Waals surface area contributed by atoms with Gasteiger partial charge in [-0.1, -0.05) is 25.1 Å². The molecule has 1 fully saturated rings. The molecule has 44 heavy (non-hydrogen) atoms. The van der Waals surface area contributed by atoms with Crippen LogP contribution in [0.4, 0.5) is 0 Å². The fourth-order valence-electron chi connectivity index (χ4n) is 6.68. The molecule has 0 saturated carbocycles. The molecule has 0 unspecified atom stereocenters. The van der Waals surface area contributed by atoms with Gasteiger partial charge in [0.05, 0.1) is 19.8 Å². The normalized spacial score (nSPS) is 31.7. The van der Waals surface area contributed by atoms with E-state index < -0.39 is 65.4 Å². The maximum Gasteiger partial charge on any atom is 0.367 e. The molecule has 2 bridgehead atoms. The summed E-state index contributed by atoms with van der Waals surface area (Å²) >= 11 is 0. The molecular weight excluding hydrogens is 580 g/mol. The Balaban J connectivity index is 1.73. The van der Waals surface area contributed by atoms with Crippen molar-refractivity contribution in [2.75, 3.05) is 27.6 Å². The predicted octanol–water partition coefficient (Wildman–Crippen LogP) is 2.27. The summed E-state index contributed by atoms with van der Waals surface area (Å²) in [7, 11) is 2.21. The van der Waals surface area contributed by atoms with Crippen LogP contribution in [0.2, 0.25) is 0 Å². The molecule has 1 saturated heterocycles. The summed E-state index contributed by atoms with van der Waals surface area (Å²) in [4.78, 5) is 52.9. The third-order valence-electron chi connectivity index (χ3n) is 8.88. The van der Waals surface area contributed by atoms with Gasteiger partial charge in [0.1, 0.15) is 23.7 Å². The Morgan fingerprint density at radius 2 is 1.73 bits per heavy atom. The van der Waals surface area contributed by atoms with Gasteiger partial charge in [0.2, 0.25) is 12.5 Å². The summed E-state index contributed by atoms with van der Waals surface area (Å²) in [6.45, 7) is 3.67. The van der Waals surface area contributed by atoms with Gasteiger partial charge in [-0.3, -0.25) is 4.79 Å². The van der Waals surface area contributed by atoms with E-state index in [4.69, 9.17) is 37.9 Å². The molecule has 6 atom stereocenters. The highest BCUT2D eigenvalue weighted by Gasteiger charge is 2.77. The maximum absolute atomic E-state index is 13.7. The van der Waals surface area contributed by atoms with Crippen molar-refractivity contribution in [3.8, 4) is 17.2 Å². The van der Waals surface area contributed by atoms with E-state index in [-0.39, 0.29) is 40.7 Å². The smallest absolute Gasteiger partial charge is 0.367 e. The number of ether oxygens (including phenoxy) is 8. The lowest BCUT2D eigenvalue weighted by atomic mass is 9.56. The zero-order valence-electron chi connectivity index (χ0n) is 24.5. The van der Waals surface area contributed by atoms with Gasteiger partial charge in [0, 0.05) is 35.6 Å². The topological polar surface area (TPSA) is 162 Å². The first-order chi connectivity index (χ1) is 20.9. The molecule has 7 rings (SSSR count). The first-order valence-electron chi connectivity index (χ1n) is 13.8. The number of hydrogen-bond acceptors (Lipinski definition) is 13. The summed E-state index contributed by atoms with van der Waals surface area (Å²) in [5.74, 6) is -6.88. The average molecular weight is 611 g/mol. The van der Waals surface area contributed by atoms with Gasteiger partial charge in [-0.25, -0.2) is 14.4 Å². The lowest BCUT2D eigenvalue weighted by molar-refractivity contribution is -0.337. The van der Waals surface area contributed by atoms with E-state index >= 15 is 0 Å². The van der Waals surface area contributed by atoms with Crippen LogP contribution in [0, 0.1) is 5.92 Å². The molecule has 0 radical (unpaired) electrons. The van der Waals surface area contributed by atoms with Crippen LogP contribution in [0.1, 0.15) is 48.4 Å². The fraction of sp³-hybridized carbons (Fsp3) is 0.419. The van der Waals surface area contributed by atoms with Crippen LogP contribution in [0.15, 0.2) is 48.0 Å². The first kappa shape index (κ1) is 29.5. The number of rotatable bonds is 5. The Labute approximate surface area is 251 Å². The Morgan fingerprint density at radius 3 is 2.39 bits per heavy atom. The van der Waals surface area contributed by atoms with Crippen LogP contribution in [-0.2, 0) is 43.5 Å². The second-order valence-corrected chi connectivity index (χ2v) is 11.1. The molecule has 232 valence electrons. The molecule has 2 aromatic carbocycles. The van der Waals surface area contributed by atoms with Crippen molar-refractivity contribution in [1.82, 2.24) is 0 Å². The number of aliphatic hydroxyl groups is 1. The number of hydrogen-bond donors (Lipinski definition) is 1. The molecule has 1 spiro atoms. The molecule has 2 aromatic rings. The van der Waals surface area contributed by atoms with Gasteiger partial charge in [0.25, 0.3) is 5.79 Å². The van der Waals surface area contributed by atoms with E-state index in [9.17, 15) is 24.3 Å². The summed E-state index contributed by atoms with van der Waals surface area (Å²) in [6.07, 6.45) is -1.54.